The van der Waals surface area contributed by atoms with Crippen LogP contribution in [0.1, 0.15) is 27.7 Å². The van der Waals surface area contributed by atoms with Crippen LogP contribution in [0, 0.1) is 11.8 Å². The fraction of sp³-hybridized carbons (Fsp3) is 0.667. The zero-order chi connectivity index (χ0) is 10.9. The molecule has 1 heterocycles. The average molecular weight is 195 g/mol. The van der Waals surface area contributed by atoms with E-state index in [1.54, 1.807) is 0 Å². The van der Waals surface area contributed by atoms with Crippen LogP contribution in [0.3, 0.4) is 0 Å². The molecule has 0 saturated heterocycles. The fourth-order valence-electron chi connectivity index (χ4n) is 1.80. The second kappa shape index (κ2) is 4.07. The predicted molar refractivity (Wildman–Crippen MR) is 59.6 cm³/mol. The Hall–Kier alpha value is -0.920. The molecular weight excluding hydrogens is 174 g/mol. The molecule has 0 aromatic rings. The van der Waals surface area contributed by atoms with Crippen LogP contribution in [-0.4, -0.2) is 18.6 Å². The molecular formula is C12H21NO. The molecule has 2 heteroatoms. The predicted octanol–water partition coefficient (Wildman–Crippen LogP) is 2.99. The van der Waals surface area contributed by atoms with Crippen molar-refractivity contribution in [1.82, 2.24) is 4.90 Å². The molecule has 14 heavy (non-hydrogen) atoms. The van der Waals surface area contributed by atoms with Crippen molar-refractivity contribution in [2.24, 2.45) is 11.8 Å². The number of hydrogen-bond donors (Lipinski definition) is 0. The largest absolute Gasteiger partial charge is 0.490 e. The van der Waals surface area contributed by atoms with Crippen LogP contribution in [0.15, 0.2) is 23.7 Å². The molecule has 0 fully saturated rings. The third-order valence-electron chi connectivity index (χ3n) is 2.55. The van der Waals surface area contributed by atoms with Crippen LogP contribution in [0.4, 0.5) is 0 Å². The van der Waals surface area contributed by atoms with Gasteiger partial charge in [0.2, 0.25) is 0 Å². The van der Waals surface area contributed by atoms with Crippen molar-refractivity contribution in [3.05, 3.63) is 23.7 Å². The van der Waals surface area contributed by atoms with Crippen LogP contribution >= 0.6 is 0 Å². The van der Waals surface area contributed by atoms with Crippen molar-refractivity contribution in [2.75, 3.05) is 13.7 Å². The monoisotopic (exact) mass is 195 g/mol. The highest BCUT2D eigenvalue weighted by atomic mass is 16.5. The minimum absolute atomic E-state index is 0.447. The van der Waals surface area contributed by atoms with Gasteiger partial charge in [-0.25, -0.2) is 0 Å². The summed E-state index contributed by atoms with van der Waals surface area (Å²) in [6.07, 6.45) is 0. The Kier molecular flexibility index (Phi) is 3.25. The van der Waals surface area contributed by atoms with Gasteiger partial charge >= 0.3 is 0 Å². The van der Waals surface area contributed by atoms with Crippen LogP contribution < -0.4 is 0 Å². The molecule has 1 rings (SSSR count). The molecule has 2 nitrogen and oxygen atoms in total. The number of likely N-dealkylation sites (N-methyl/N-ethyl adjacent to an activating group) is 1. The van der Waals surface area contributed by atoms with E-state index in [0.29, 0.717) is 18.4 Å². The molecule has 80 valence electrons. The summed E-state index contributed by atoms with van der Waals surface area (Å²) in [5, 5.41) is 0. The summed E-state index contributed by atoms with van der Waals surface area (Å²) in [5.74, 6) is 2.05. The highest BCUT2D eigenvalue weighted by molar-refractivity contribution is 5.20. The first-order valence-electron chi connectivity index (χ1n) is 5.23. The van der Waals surface area contributed by atoms with Crippen molar-refractivity contribution in [2.45, 2.75) is 27.7 Å². The van der Waals surface area contributed by atoms with Crippen LogP contribution in [-0.2, 0) is 4.74 Å². The summed E-state index contributed by atoms with van der Waals surface area (Å²) in [6.45, 7) is 13.3. The van der Waals surface area contributed by atoms with E-state index < -0.39 is 0 Å². The lowest BCUT2D eigenvalue weighted by molar-refractivity contribution is 0.145. The molecule has 0 aliphatic carbocycles. The summed E-state index contributed by atoms with van der Waals surface area (Å²) < 4.78 is 5.73. The molecule has 0 unspecified atom stereocenters. The zero-order valence-electron chi connectivity index (χ0n) is 9.92. The molecule has 0 atom stereocenters. The highest BCUT2D eigenvalue weighted by Gasteiger charge is 2.25. The molecule has 1 aliphatic rings. The van der Waals surface area contributed by atoms with Gasteiger partial charge in [-0.05, 0) is 5.92 Å². The molecule has 1 aliphatic heterocycles. The van der Waals surface area contributed by atoms with Gasteiger partial charge in [-0.1, -0.05) is 34.3 Å². The van der Waals surface area contributed by atoms with Crippen molar-refractivity contribution in [3.8, 4) is 0 Å². The lowest BCUT2D eigenvalue weighted by Gasteiger charge is -2.35. The van der Waals surface area contributed by atoms with Gasteiger partial charge in [-0.15, -0.1) is 0 Å². The van der Waals surface area contributed by atoms with Gasteiger partial charge in [0, 0.05) is 18.7 Å². The van der Waals surface area contributed by atoms with Crippen molar-refractivity contribution in [3.63, 3.8) is 0 Å². The Morgan fingerprint density at radius 1 is 1.21 bits per heavy atom. The van der Waals surface area contributed by atoms with E-state index in [1.165, 1.54) is 5.70 Å². The molecule has 0 aromatic heterocycles. The van der Waals surface area contributed by atoms with Crippen molar-refractivity contribution < 1.29 is 4.74 Å². The molecule has 0 aromatic carbocycles. The van der Waals surface area contributed by atoms with E-state index in [2.05, 4.69) is 46.2 Å². The maximum absolute atomic E-state index is 5.73. The van der Waals surface area contributed by atoms with Crippen LogP contribution in [0.5, 0.6) is 0 Å². The molecule has 0 spiro atoms. The first-order chi connectivity index (χ1) is 6.45. The molecule has 0 saturated carbocycles. The van der Waals surface area contributed by atoms with E-state index in [1.807, 2.05) is 0 Å². The van der Waals surface area contributed by atoms with Crippen molar-refractivity contribution >= 4 is 0 Å². The molecule has 0 radical (unpaired) electrons. The Balaban J connectivity index is 3.09. The van der Waals surface area contributed by atoms with Crippen LogP contribution in [0.25, 0.3) is 0 Å². The number of allylic oxidation sites excluding steroid dienone is 2. The second-order valence-electron chi connectivity index (χ2n) is 4.47. The topological polar surface area (TPSA) is 12.5 Å². The quantitative estimate of drug-likeness (QED) is 0.671. The molecule has 0 N–H and O–H groups in total. The summed E-state index contributed by atoms with van der Waals surface area (Å²) in [7, 11) is 2.07. The van der Waals surface area contributed by atoms with Gasteiger partial charge in [0.15, 0.2) is 0 Å². The smallest absolute Gasteiger partial charge is 0.127 e. The minimum Gasteiger partial charge on any atom is -0.490 e. The van der Waals surface area contributed by atoms with Crippen LogP contribution in [0.2, 0.25) is 0 Å². The molecule has 0 bridgehead atoms. The van der Waals surface area contributed by atoms with E-state index in [0.717, 1.165) is 11.5 Å². The fourth-order valence-corrected chi connectivity index (χ4v) is 1.80. The van der Waals surface area contributed by atoms with Gasteiger partial charge in [0.1, 0.15) is 12.4 Å². The van der Waals surface area contributed by atoms with Gasteiger partial charge in [-0.3, -0.25) is 0 Å². The third-order valence-corrected chi connectivity index (χ3v) is 2.55. The minimum atomic E-state index is 0.447. The molecule has 0 amide bonds. The Labute approximate surface area is 87.2 Å². The van der Waals surface area contributed by atoms with E-state index in [-0.39, 0.29) is 0 Å². The lowest BCUT2D eigenvalue weighted by Crippen LogP contribution is -2.30. The lowest BCUT2D eigenvalue weighted by atomic mass is 10.0. The van der Waals surface area contributed by atoms with E-state index in [4.69, 9.17) is 4.74 Å². The standard InChI is InChI=1S/C12H21NO/c1-8(2)11-12(9(3)4)14-7-10(5)13(11)6/h8-9H,5,7H2,1-4,6H3. The van der Waals surface area contributed by atoms with Gasteiger partial charge in [-0.2, -0.15) is 0 Å². The third kappa shape index (κ3) is 1.94. The number of hydrogen-bond acceptors (Lipinski definition) is 2. The maximum Gasteiger partial charge on any atom is 0.127 e. The Bertz CT molecular complexity index is 263. The zero-order valence-corrected chi connectivity index (χ0v) is 9.92. The number of ether oxygens (including phenoxy) is 1. The number of rotatable bonds is 2. The van der Waals surface area contributed by atoms with Gasteiger partial charge in [0.25, 0.3) is 0 Å². The van der Waals surface area contributed by atoms with E-state index >= 15 is 0 Å². The average Bonchev–Trinajstić information content (AvgIpc) is 2.08. The Morgan fingerprint density at radius 3 is 2.21 bits per heavy atom. The summed E-state index contributed by atoms with van der Waals surface area (Å²) >= 11 is 0. The highest BCUT2D eigenvalue weighted by Crippen LogP contribution is 2.30. The summed E-state index contributed by atoms with van der Waals surface area (Å²) in [5.41, 5.74) is 2.31. The second-order valence-corrected chi connectivity index (χ2v) is 4.47. The summed E-state index contributed by atoms with van der Waals surface area (Å²) in [6, 6.07) is 0. The van der Waals surface area contributed by atoms with Crippen molar-refractivity contribution in [1.29, 1.82) is 0 Å². The first kappa shape index (κ1) is 11.2. The normalized spacial score (nSPS) is 18.2. The van der Waals surface area contributed by atoms with Gasteiger partial charge in [0.05, 0.1) is 5.70 Å². The SMILES string of the molecule is C=C1COC(C(C)C)=C(C(C)C)N1C. The Morgan fingerprint density at radius 2 is 1.79 bits per heavy atom. The van der Waals surface area contributed by atoms with E-state index in [9.17, 15) is 0 Å². The number of nitrogens with zero attached hydrogens (tertiary/aromatic N) is 1. The summed E-state index contributed by atoms with van der Waals surface area (Å²) in [4.78, 5) is 2.17. The maximum atomic E-state index is 5.73. The first-order valence-corrected chi connectivity index (χ1v) is 5.23. The van der Waals surface area contributed by atoms with Gasteiger partial charge < -0.3 is 9.64 Å².